The first-order chi connectivity index (χ1) is 14.6. The van der Waals surface area contributed by atoms with Crippen molar-refractivity contribution < 1.29 is 14.4 Å². The number of hydrogen-bond donors (Lipinski definition) is 1. The second-order valence-electron chi connectivity index (χ2n) is 7.08. The van der Waals surface area contributed by atoms with Crippen LogP contribution in [0.5, 0.6) is 0 Å². The Morgan fingerprint density at radius 3 is 2.57 bits per heavy atom. The van der Waals surface area contributed by atoms with Crippen molar-refractivity contribution in [3.8, 4) is 0 Å². The van der Waals surface area contributed by atoms with Crippen molar-refractivity contribution in [1.82, 2.24) is 19.7 Å². The molecule has 152 valence electrons. The Balaban J connectivity index is 1.46. The molecule has 30 heavy (non-hydrogen) atoms. The molecule has 0 bridgehead atoms. The van der Waals surface area contributed by atoms with Gasteiger partial charge in [-0.15, -0.1) is 0 Å². The molecule has 3 aromatic rings. The molecular formula is C22H21N5O3. The molecule has 0 saturated carbocycles. The molecule has 1 aliphatic heterocycles. The number of hydrogen-bond acceptors (Lipinski definition) is 5. The second kappa shape index (κ2) is 8.28. The number of rotatable bonds is 7. The lowest BCUT2D eigenvalue weighted by Gasteiger charge is -2.12. The van der Waals surface area contributed by atoms with Gasteiger partial charge in [0, 0.05) is 36.8 Å². The van der Waals surface area contributed by atoms with E-state index >= 15 is 0 Å². The molecular weight excluding hydrogens is 382 g/mol. The first kappa shape index (κ1) is 19.5. The average Bonchev–Trinajstić information content (AvgIpc) is 3.29. The van der Waals surface area contributed by atoms with Crippen LogP contribution in [0.15, 0.2) is 55.0 Å². The van der Waals surface area contributed by atoms with Gasteiger partial charge in [0.25, 0.3) is 17.7 Å². The molecule has 8 heteroatoms. The minimum absolute atomic E-state index is 0.270. The largest absolute Gasteiger partial charge is 0.305 e. The first-order valence-electron chi connectivity index (χ1n) is 9.80. The van der Waals surface area contributed by atoms with E-state index in [4.69, 9.17) is 0 Å². The van der Waals surface area contributed by atoms with Crippen LogP contribution in [0.1, 0.15) is 56.4 Å². The van der Waals surface area contributed by atoms with Crippen LogP contribution in [0.4, 0.5) is 5.82 Å². The molecule has 3 heterocycles. The van der Waals surface area contributed by atoms with E-state index in [9.17, 15) is 14.4 Å². The molecule has 1 N–H and O–H groups in total. The maximum absolute atomic E-state index is 12.6. The van der Waals surface area contributed by atoms with Crippen LogP contribution in [0.25, 0.3) is 0 Å². The molecule has 0 atom stereocenters. The molecule has 0 unspecified atom stereocenters. The van der Waals surface area contributed by atoms with E-state index in [1.54, 1.807) is 41.5 Å². The number of imide groups is 1. The number of carbonyl (C=O) groups is 3. The minimum atomic E-state index is -0.390. The van der Waals surface area contributed by atoms with E-state index in [1.807, 2.05) is 19.1 Å². The number of nitrogens with one attached hydrogen (secondary N) is 1. The summed E-state index contributed by atoms with van der Waals surface area (Å²) in [7, 11) is 0. The van der Waals surface area contributed by atoms with E-state index in [0.717, 1.165) is 18.4 Å². The third-order valence-corrected chi connectivity index (χ3v) is 4.94. The zero-order valence-corrected chi connectivity index (χ0v) is 16.5. The Morgan fingerprint density at radius 2 is 1.80 bits per heavy atom. The summed E-state index contributed by atoms with van der Waals surface area (Å²) in [5.74, 6) is -0.634. The van der Waals surface area contributed by atoms with Gasteiger partial charge in [0.1, 0.15) is 0 Å². The average molecular weight is 403 g/mol. The molecule has 0 radical (unpaired) electrons. The third-order valence-electron chi connectivity index (χ3n) is 4.94. The lowest BCUT2D eigenvalue weighted by Crippen LogP contribution is -2.30. The topological polar surface area (TPSA) is 97.2 Å². The summed E-state index contributed by atoms with van der Waals surface area (Å²) in [6.45, 7) is 2.94. The number of nitrogens with zero attached hydrogens (tertiary/aromatic N) is 4. The summed E-state index contributed by atoms with van der Waals surface area (Å²) in [4.78, 5) is 42.9. The summed E-state index contributed by atoms with van der Waals surface area (Å²) in [5, 5.41) is 7.09. The Bertz CT molecular complexity index is 1110. The molecule has 0 fully saturated rings. The van der Waals surface area contributed by atoms with Crippen LogP contribution in [-0.2, 0) is 6.54 Å². The van der Waals surface area contributed by atoms with Gasteiger partial charge >= 0.3 is 0 Å². The number of pyridine rings is 1. The summed E-state index contributed by atoms with van der Waals surface area (Å²) < 4.78 is 1.71. The number of aromatic nitrogens is 3. The third kappa shape index (κ3) is 3.84. The van der Waals surface area contributed by atoms with Crippen molar-refractivity contribution in [2.75, 3.05) is 11.9 Å². The predicted octanol–water partition coefficient (Wildman–Crippen LogP) is 2.97. The summed E-state index contributed by atoms with van der Waals surface area (Å²) in [5.41, 5.74) is 1.96. The first-order valence-corrected chi connectivity index (χ1v) is 9.80. The van der Waals surface area contributed by atoms with E-state index < -0.39 is 0 Å². The maximum atomic E-state index is 12.6. The zero-order chi connectivity index (χ0) is 21.1. The number of anilines is 1. The van der Waals surface area contributed by atoms with Crippen molar-refractivity contribution in [3.63, 3.8) is 0 Å². The normalized spacial score (nSPS) is 12.9. The number of carbonyl (C=O) groups excluding carboxylic acids is 3. The van der Waals surface area contributed by atoms with Crippen molar-refractivity contribution in [3.05, 3.63) is 77.2 Å². The molecule has 3 amide bonds. The Hall–Kier alpha value is -3.81. The molecule has 1 aliphatic rings. The van der Waals surface area contributed by atoms with Crippen LogP contribution >= 0.6 is 0 Å². The van der Waals surface area contributed by atoms with Crippen LogP contribution < -0.4 is 5.32 Å². The second-order valence-corrected chi connectivity index (χ2v) is 7.08. The van der Waals surface area contributed by atoms with Crippen molar-refractivity contribution in [2.24, 2.45) is 0 Å². The highest BCUT2D eigenvalue weighted by molar-refractivity contribution is 6.22. The quantitative estimate of drug-likeness (QED) is 0.612. The molecule has 2 aromatic heterocycles. The van der Waals surface area contributed by atoms with Crippen molar-refractivity contribution >= 4 is 23.5 Å². The zero-order valence-electron chi connectivity index (χ0n) is 16.5. The standard InChI is InChI=1S/C22H21N5O3/c1-2-3-11-27-21(29)17-5-4-16(13-18(17)22(27)30)20(28)24-19-8-12-26(25-19)14-15-6-9-23-10-7-15/h4-10,12-13H,2-3,11,14H2,1H3,(H,24,25,28). The Labute approximate surface area is 173 Å². The van der Waals surface area contributed by atoms with E-state index in [-0.39, 0.29) is 23.3 Å². The Morgan fingerprint density at radius 1 is 1.03 bits per heavy atom. The van der Waals surface area contributed by atoms with Gasteiger partial charge in [0.2, 0.25) is 0 Å². The summed E-state index contributed by atoms with van der Waals surface area (Å²) >= 11 is 0. The van der Waals surface area contributed by atoms with Crippen molar-refractivity contribution in [1.29, 1.82) is 0 Å². The molecule has 1 aromatic carbocycles. The molecule has 4 rings (SSSR count). The fourth-order valence-corrected chi connectivity index (χ4v) is 3.33. The monoisotopic (exact) mass is 403 g/mol. The lowest BCUT2D eigenvalue weighted by molar-refractivity contribution is 0.0652. The highest BCUT2D eigenvalue weighted by Crippen LogP contribution is 2.24. The van der Waals surface area contributed by atoms with Gasteiger partial charge in [-0.05, 0) is 42.3 Å². The highest BCUT2D eigenvalue weighted by Gasteiger charge is 2.35. The number of amides is 3. The predicted molar refractivity (Wildman–Crippen MR) is 110 cm³/mol. The van der Waals surface area contributed by atoms with Crippen LogP contribution in [-0.4, -0.2) is 43.9 Å². The number of unbranched alkanes of at least 4 members (excludes halogenated alkanes) is 1. The maximum Gasteiger partial charge on any atom is 0.261 e. The lowest BCUT2D eigenvalue weighted by atomic mass is 10.1. The van der Waals surface area contributed by atoms with E-state index in [2.05, 4.69) is 15.4 Å². The van der Waals surface area contributed by atoms with Gasteiger partial charge in [-0.1, -0.05) is 13.3 Å². The van der Waals surface area contributed by atoms with Crippen LogP contribution in [0, 0.1) is 0 Å². The van der Waals surface area contributed by atoms with E-state index in [1.165, 1.54) is 11.0 Å². The molecule has 0 spiro atoms. The number of benzene rings is 1. The minimum Gasteiger partial charge on any atom is -0.305 e. The van der Waals surface area contributed by atoms with Crippen LogP contribution in [0.3, 0.4) is 0 Å². The van der Waals surface area contributed by atoms with Gasteiger partial charge in [0.15, 0.2) is 5.82 Å². The molecule has 8 nitrogen and oxygen atoms in total. The molecule has 0 saturated heterocycles. The highest BCUT2D eigenvalue weighted by atomic mass is 16.2. The summed E-state index contributed by atoms with van der Waals surface area (Å²) in [6.07, 6.45) is 6.83. The van der Waals surface area contributed by atoms with Gasteiger partial charge in [-0.25, -0.2) is 0 Å². The fraction of sp³-hybridized carbons (Fsp3) is 0.227. The van der Waals surface area contributed by atoms with Gasteiger partial charge in [0.05, 0.1) is 17.7 Å². The van der Waals surface area contributed by atoms with E-state index in [0.29, 0.717) is 30.0 Å². The fourth-order valence-electron chi connectivity index (χ4n) is 3.33. The van der Waals surface area contributed by atoms with Gasteiger partial charge in [-0.3, -0.25) is 28.9 Å². The van der Waals surface area contributed by atoms with Crippen LogP contribution in [0.2, 0.25) is 0 Å². The van der Waals surface area contributed by atoms with Gasteiger partial charge in [-0.2, -0.15) is 5.10 Å². The van der Waals surface area contributed by atoms with Crippen molar-refractivity contribution in [2.45, 2.75) is 26.3 Å². The summed E-state index contributed by atoms with van der Waals surface area (Å²) in [6, 6.07) is 10.1. The smallest absolute Gasteiger partial charge is 0.261 e. The number of fused-ring (bicyclic) bond motifs is 1. The SMILES string of the molecule is CCCCN1C(=O)c2ccc(C(=O)Nc3ccn(Cc4ccncc4)n3)cc2C1=O. The van der Waals surface area contributed by atoms with Gasteiger partial charge < -0.3 is 5.32 Å². The molecule has 0 aliphatic carbocycles. The Kier molecular flexibility index (Phi) is 5.38.